The first-order chi connectivity index (χ1) is 6.52. The summed E-state index contributed by atoms with van der Waals surface area (Å²) >= 11 is 4.94. The molecule has 78 valence electrons. The highest BCUT2D eigenvalue weighted by molar-refractivity contribution is 7.71. The fourth-order valence-electron chi connectivity index (χ4n) is 1.33. The Morgan fingerprint density at radius 2 is 1.93 bits per heavy atom. The Bertz CT molecular complexity index is 366. The molecule has 0 heterocycles. The van der Waals surface area contributed by atoms with E-state index in [1.54, 1.807) is 6.07 Å². The number of anilines is 1. The van der Waals surface area contributed by atoms with E-state index in [0.717, 1.165) is 25.2 Å². The van der Waals surface area contributed by atoms with E-state index in [4.69, 9.17) is 12.2 Å². The molecule has 0 saturated heterocycles. The molecule has 0 unspecified atom stereocenters. The van der Waals surface area contributed by atoms with Crippen molar-refractivity contribution >= 4 is 17.9 Å². The summed E-state index contributed by atoms with van der Waals surface area (Å²) < 4.78 is 0.484. The van der Waals surface area contributed by atoms with Crippen LogP contribution in [0.4, 0.5) is 5.69 Å². The Labute approximate surface area is 89.6 Å². The summed E-state index contributed by atoms with van der Waals surface area (Å²) in [6.45, 7) is 2.00. The Hall–Kier alpha value is -0.740. The van der Waals surface area contributed by atoms with Crippen molar-refractivity contribution < 1.29 is 0 Å². The lowest BCUT2D eigenvalue weighted by atomic mass is 10.2. The molecule has 0 aliphatic carbocycles. The molecule has 1 rings (SSSR count). The second-order valence-corrected chi connectivity index (χ2v) is 4.21. The van der Waals surface area contributed by atoms with Crippen LogP contribution in [0.2, 0.25) is 0 Å². The summed E-state index contributed by atoms with van der Waals surface area (Å²) in [6, 6.07) is 1.61. The van der Waals surface area contributed by atoms with Gasteiger partial charge < -0.3 is 9.80 Å². The lowest BCUT2D eigenvalue weighted by molar-refractivity contribution is 0.401. The van der Waals surface area contributed by atoms with Gasteiger partial charge in [0.05, 0.1) is 5.69 Å². The number of nitrogens with zero attached hydrogens (tertiary/aromatic N) is 2. The second-order valence-electron chi connectivity index (χ2n) is 3.80. The predicted octanol–water partition coefficient (Wildman–Crippen LogP) is 1.04. The zero-order valence-electron chi connectivity index (χ0n) is 8.91. The van der Waals surface area contributed by atoms with Crippen LogP contribution in [0.1, 0.15) is 6.42 Å². The van der Waals surface area contributed by atoms with Gasteiger partial charge in [-0.05, 0) is 27.1 Å². The minimum absolute atomic E-state index is 0.00513. The molecule has 1 aromatic carbocycles. The minimum Gasteiger partial charge on any atom is -0.373 e. The van der Waals surface area contributed by atoms with Crippen molar-refractivity contribution in [3.05, 3.63) is 20.8 Å². The molecule has 1 aromatic rings. The van der Waals surface area contributed by atoms with Gasteiger partial charge in [-0.1, -0.05) is 12.2 Å². The highest BCUT2D eigenvalue weighted by Crippen LogP contribution is 2.13. The van der Waals surface area contributed by atoms with Crippen molar-refractivity contribution in [1.82, 2.24) is 4.90 Å². The van der Waals surface area contributed by atoms with Gasteiger partial charge >= 0.3 is 0 Å². The summed E-state index contributed by atoms with van der Waals surface area (Å²) in [7, 11) is 6.08. The van der Waals surface area contributed by atoms with Gasteiger partial charge in [-0.25, -0.2) is 0 Å². The van der Waals surface area contributed by atoms with Gasteiger partial charge in [0.15, 0.2) is 0 Å². The van der Waals surface area contributed by atoms with Gasteiger partial charge in [0, 0.05) is 19.7 Å². The topological polar surface area (TPSA) is 23.6 Å². The SMILES string of the molecule is CN(C)CCCN(C)c1cc(=O)c1=S. The molecule has 0 aromatic heterocycles. The summed E-state index contributed by atoms with van der Waals surface area (Å²) in [6.07, 6.45) is 1.08. The average molecular weight is 212 g/mol. The first-order valence-corrected chi connectivity index (χ1v) is 5.09. The fourth-order valence-corrected chi connectivity index (χ4v) is 1.61. The van der Waals surface area contributed by atoms with Crippen LogP contribution in [0.15, 0.2) is 10.9 Å². The Balaban J connectivity index is 2.38. The van der Waals surface area contributed by atoms with Gasteiger partial charge in [0.25, 0.3) is 0 Å². The van der Waals surface area contributed by atoms with Crippen LogP contribution in [0, 0.1) is 4.51 Å². The minimum atomic E-state index is -0.00513. The van der Waals surface area contributed by atoms with Crippen LogP contribution >= 0.6 is 12.2 Å². The molecule has 0 aliphatic heterocycles. The molecule has 0 amide bonds. The van der Waals surface area contributed by atoms with Crippen LogP contribution in [0.25, 0.3) is 0 Å². The third-order valence-corrected chi connectivity index (χ3v) is 2.64. The van der Waals surface area contributed by atoms with Gasteiger partial charge in [0.1, 0.15) is 4.51 Å². The summed E-state index contributed by atoms with van der Waals surface area (Å²) in [5.41, 5.74) is 0.915. The highest BCUT2D eigenvalue weighted by atomic mass is 32.1. The van der Waals surface area contributed by atoms with Crippen molar-refractivity contribution in [2.75, 3.05) is 39.1 Å². The molecule has 14 heavy (non-hydrogen) atoms. The smallest absolute Gasteiger partial charge is 0.200 e. The van der Waals surface area contributed by atoms with E-state index in [0.29, 0.717) is 4.51 Å². The maximum atomic E-state index is 10.9. The maximum absolute atomic E-state index is 10.9. The molecule has 0 radical (unpaired) electrons. The number of rotatable bonds is 5. The highest BCUT2D eigenvalue weighted by Gasteiger charge is 2.09. The van der Waals surface area contributed by atoms with Crippen LogP contribution in [0.3, 0.4) is 0 Å². The van der Waals surface area contributed by atoms with Crippen LogP contribution in [-0.2, 0) is 0 Å². The van der Waals surface area contributed by atoms with Crippen LogP contribution in [-0.4, -0.2) is 39.1 Å². The Morgan fingerprint density at radius 3 is 2.36 bits per heavy atom. The quantitative estimate of drug-likeness (QED) is 0.680. The first-order valence-electron chi connectivity index (χ1n) is 4.68. The van der Waals surface area contributed by atoms with E-state index in [1.165, 1.54) is 0 Å². The maximum Gasteiger partial charge on any atom is 0.200 e. The molecule has 4 heteroatoms. The van der Waals surface area contributed by atoms with E-state index >= 15 is 0 Å². The monoisotopic (exact) mass is 212 g/mol. The standard InChI is InChI=1S/C10H16N2OS/c1-11(2)5-4-6-12(3)8-7-9(13)10(8)14/h7H,4-6H2,1-3H3. The van der Waals surface area contributed by atoms with Crippen LogP contribution < -0.4 is 10.3 Å². The Kier molecular flexibility index (Phi) is 3.77. The summed E-state index contributed by atoms with van der Waals surface area (Å²) in [5.74, 6) is 0. The van der Waals surface area contributed by atoms with Crippen molar-refractivity contribution in [3.8, 4) is 0 Å². The van der Waals surface area contributed by atoms with Crippen molar-refractivity contribution in [2.45, 2.75) is 6.42 Å². The van der Waals surface area contributed by atoms with E-state index in [1.807, 2.05) is 11.9 Å². The lowest BCUT2D eigenvalue weighted by Crippen LogP contribution is -2.27. The third-order valence-electron chi connectivity index (χ3n) is 2.23. The van der Waals surface area contributed by atoms with Gasteiger partial charge in [-0.3, -0.25) is 4.79 Å². The van der Waals surface area contributed by atoms with Crippen LogP contribution in [0.5, 0.6) is 0 Å². The van der Waals surface area contributed by atoms with Gasteiger partial charge in [-0.15, -0.1) is 0 Å². The molecule has 0 fully saturated rings. The number of hydrogen-bond acceptors (Lipinski definition) is 4. The predicted molar refractivity (Wildman–Crippen MR) is 62.4 cm³/mol. The molecule has 0 bridgehead atoms. The zero-order chi connectivity index (χ0) is 10.7. The van der Waals surface area contributed by atoms with Crippen molar-refractivity contribution in [3.63, 3.8) is 0 Å². The van der Waals surface area contributed by atoms with E-state index < -0.39 is 0 Å². The largest absolute Gasteiger partial charge is 0.373 e. The van der Waals surface area contributed by atoms with E-state index in [9.17, 15) is 4.79 Å². The third kappa shape index (κ3) is 2.62. The van der Waals surface area contributed by atoms with Crippen molar-refractivity contribution in [1.29, 1.82) is 0 Å². The summed E-state index contributed by atoms with van der Waals surface area (Å²) in [4.78, 5) is 15.1. The van der Waals surface area contributed by atoms with Gasteiger partial charge in [0.2, 0.25) is 5.43 Å². The summed E-state index contributed by atoms with van der Waals surface area (Å²) in [5, 5.41) is 0. The second kappa shape index (κ2) is 4.66. The molecular weight excluding hydrogens is 196 g/mol. The molecule has 0 atom stereocenters. The first kappa shape index (κ1) is 11.3. The lowest BCUT2D eigenvalue weighted by Gasteiger charge is -2.21. The average Bonchev–Trinajstić information content (AvgIpc) is 2.12. The van der Waals surface area contributed by atoms with Crippen molar-refractivity contribution in [2.24, 2.45) is 0 Å². The zero-order valence-corrected chi connectivity index (χ0v) is 9.73. The molecule has 0 N–H and O–H groups in total. The molecule has 0 aliphatic rings. The molecule has 0 saturated carbocycles. The number of hydrogen-bond donors (Lipinski definition) is 0. The fraction of sp³-hybridized carbons (Fsp3) is 0.600. The molecular formula is C10H16N2OS. The Morgan fingerprint density at radius 1 is 1.29 bits per heavy atom. The normalized spacial score (nSPS) is 11.1. The van der Waals surface area contributed by atoms with E-state index in [2.05, 4.69) is 19.0 Å². The van der Waals surface area contributed by atoms with Gasteiger partial charge in [-0.2, -0.15) is 0 Å². The molecule has 0 spiro atoms. The molecule has 3 nitrogen and oxygen atoms in total. The van der Waals surface area contributed by atoms with E-state index in [-0.39, 0.29) is 5.43 Å².